The Bertz CT molecular complexity index is 1000. The summed E-state index contributed by atoms with van der Waals surface area (Å²) in [5.74, 6) is -0.0159. The van der Waals surface area contributed by atoms with E-state index in [0.29, 0.717) is 10.6 Å². The topological polar surface area (TPSA) is 32.3 Å². The first-order chi connectivity index (χ1) is 13.3. The number of anilines is 2. The van der Waals surface area contributed by atoms with Crippen LogP contribution in [0.4, 0.5) is 11.4 Å². The van der Waals surface area contributed by atoms with Gasteiger partial charge in [0.2, 0.25) is 0 Å². The van der Waals surface area contributed by atoms with Crippen molar-refractivity contribution in [2.45, 2.75) is 32.4 Å². The summed E-state index contributed by atoms with van der Waals surface area (Å²) < 4.78 is 0. The van der Waals surface area contributed by atoms with Crippen LogP contribution >= 0.6 is 11.6 Å². The summed E-state index contributed by atoms with van der Waals surface area (Å²) >= 11 is 6.07. The molecule has 142 valence electrons. The molecular formula is C24H23ClN2O. The summed E-state index contributed by atoms with van der Waals surface area (Å²) in [5.41, 5.74) is 4.65. The Labute approximate surface area is 171 Å². The van der Waals surface area contributed by atoms with Crippen molar-refractivity contribution in [3.63, 3.8) is 0 Å². The molecule has 0 radical (unpaired) electrons. The van der Waals surface area contributed by atoms with Gasteiger partial charge in [-0.15, -0.1) is 0 Å². The third-order valence-electron chi connectivity index (χ3n) is 5.12. The van der Waals surface area contributed by atoms with Crippen LogP contribution in [0, 0.1) is 0 Å². The lowest BCUT2D eigenvalue weighted by Gasteiger charge is -2.38. The zero-order chi connectivity index (χ0) is 19.9. The van der Waals surface area contributed by atoms with E-state index in [1.54, 1.807) is 0 Å². The highest BCUT2D eigenvalue weighted by molar-refractivity contribution is 6.30. The molecule has 1 aliphatic rings. The highest BCUT2D eigenvalue weighted by Crippen LogP contribution is 2.37. The number of fused-ring (bicyclic) bond motifs is 1. The van der Waals surface area contributed by atoms with Crippen molar-refractivity contribution in [3.05, 3.63) is 94.5 Å². The molecule has 1 aliphatic heterocycles. The van der Waals surface area contributed by atoms with Gasteiger partial charge in [-0.1, -0.05) is 68.8 Å². The number of carbonyl (C=O) groups is 1. The quantitative estimate of drug-likeness (QED) is 0.548. The Morgan fingerprint density at radius 2 is 1.54 bits per heavy atom. The Kier molecular flexibility index (Phi) is 4.64. The van der Waals surface area contributed by atoms with E-state index in [1.165, 1.54) is 5.56 Å². The molecule has 3 nitrogen and oxygen atoms in total. The molecule has 4 rings (SSSR count). The third kappa shape index (κ3) is 3.38. The molecule has 0 spiro atoms. The molecule has 0 bridgehead atoms. The number of carbonyl (C=O) groups excluding carboxylic acids is 1. The van der Waals surface area contributed by atoms with Gasteiger partial charge < -0.3 is 5.32 Å². The van der Waals surface area contributed by atoms with Crippen LogP contribution in [0.1, 0.15) is 48.4 Å². The second kappa shape index (κ2) is 6.99. The van der Waals surface area contributed by atoms with E-state index in [0.717, 1.165) is 16.9 Å². The fourth-order valence-corrected chi connectivity index (χ4v) is 3.65. The number of hydrogen-bond donors (Lipinski definition) is 1. The number of para-hydroxylation sites is 1. The average molecular weight is 391 g/mol. The first-order valence-corrected chi connectivity index (χ1v) is 9.77. The van der Waals surface area contributed by atoms with E-state index >= 15 is 0 Å². The molecule has 0 saturated carbocycles. The van der Waals surface area contributed by atoms with Crippen LogP contribution in [0.2, 0.25) is 5.02 Å². The van der Waals surface area contributed by atoms with Gasteiger partial charge in [-0.25, -0.2) is 0 Å². The number of hydrogen-bond acceptors (Lipinski definition) is 2. The van der Waals surface area contributed by atoms with Gasteiger partial charge in [-0.2, -0.15) is 0 Å². The van der Waals surface area contributed by atoms with Crippen molar-refractivity contribution < 1.29 is 4.79 Å². The number of nitrogens with one attached hydrogen (secondary N) is 1. The molecule has 1 N–H and O–H groups in total. The molecular weight excluding hydrogens is 368 g/mol. The molecule has 3 aromatic rings. The minimum absolute atomic E-state index is 0.0159. The zero-order valence-corrected chi connectivity index (χ0v) is 17.0. The van der Waals surface area contributed by atoms with E-state index < -0.39 is 0 Å². The molecule has 0 fully saturated rings. The van der Waals surface area contributed by atoms with Gasteiger partial charge in [0.05, 0.1) is 5.56 Å². The Morgan fingerprint density at radius 1 is 0.893 bits per heavy atom. The van der Waals surface area contributed by atoms with Crippen molar-refractivity contribution in [1.82, 2.24) is 0 Å². The maximum absolute atomic E-state index is 13.4. The first kappa shape index (κ1) is 18.6. The van der Waals surface area contributed by atoms with Crippen molar-refractivity contribution in [3.8, 4) is 0 Å². The Balaban J connectivity index is 1.81. The minimum Gasteiger partial charge on any atom is -0.360 e. The van der Waals surface area contributed by atoms with Crippen molar-refractivity contribution in [2.24, 2.45) is 0 Å². The molecule has 1 amide bonds. The lowest BCUT2D eigenvalue weighted by atomic mass is 9.87. The van der Waals surface area contributed by atoms with Crippen molar-refractivity contribution >= 4 is 28.9 Å². The fourth-order valence-electron chi connectivity index (χ4n) is 3.52. The van der Waals surface area contributed by atoms with E-state index in [1.807, 2.05) is 65.6 Å². The molecule has 1 heterocycles. The third-order valence-corrected chi connectivity index (χ3v) is 5.38. The monoisotopic (exact) mass is 390 g/mol. The van der Waals surface area contributed by atoms with Crippen LogP contribution in [-0.2, 0) is 5.41 Å². The second-order valence-electron chi connectivity index (χ2n) is 8.12. The molecule has 4 heteroatoms. The normalized spacial score (nSPS) is 16.5. The molecule has 0 aliphatic carbocycles. The van der Waals surface area contributed by atoms with Crippen molar-refractivity contribution in [1.29, 1.82) is 0 Å². The number of halogens is 1. The van der Waals surface area contributed by atoms with Crippen LogP contribution in [0.5, 0.6) is 0 Å². The molecule has 0 aromatic heterocycles. The van der Waals surface area contributed by atoms with Crippen LogP contribution in [0.25, 0.3) is 0 Å². The second-order valence-corrected chi connectivity index (χ2v) is 8.55. The summed E-state index contributed by atoms with van der Waals surface area (Å²) in [4.78, 5) is 15.2. The van der Waals surface area contributed by atoms with Gasteiger partial charge in [0.1, 0.15) is 6.17 Å². The van der Waals surface area contributed by atoms with Crippen LogP contribution in [0.15, 0.2) is 72.8 Å². The van der Waals surface area contributed by atoms with E-state index in [4.69, 9.17) is 11.6 Å². The predicted molar refractivity (Wildman–Crippen MR) is 116 cm³/mol. The molecule has 28 heavy (non-hydrogen) atoms. The summed E-state index contributed by atoms with van der Waals surface area (Å²) in [7, 11) is 0. The molecule has 0 saturated heterocycles. The Morgan fingerprint density at radius 3 is 2.18 bits per heavy atom. The van der Waals surface area contributed by atoms with Crippen LogP contribution in [0.3, 0.4) is 0 Å². The van der Waals surface area contributed by atoms with Gasteiger partial charge in [0, 0.05) is 16.4 Å². The summed E-state index contributed by atoms with van der Waals surface area (Å²) in [6.45, 7) is 6.55. The van der Waals surface area contributed by atoms with E-state index in [9.17, 15) is 4.79 Å². The van der Waals surface area contributed by atoms with E-state index in [2.05, 4.69) is 38.2 Å². The number of rotatable bonds is 2. The summed E-state index contributed by atoms with van der Waals surface area (Å²) in [6.07, 6.45) is -0.305. The first-order valence-electron chi connectivity index (χ1n) is 9.40. The highest BCUT2D eigenvalue weighted by Gasteiger charge is 2.34. The SMILES string of the molecule is CC(C)(C)c1ccc(N2C(=O)c3ccccc3N[C@@H]2c2ccc(Cl)cc2)cc1. The van der Waals surface area contributed by atoms with Crippen LogP contribution < -0.4 is 10.2 Å². The minimum atomic E-state index is -0.305. The summed E-state index contributed by atoms with van der Waals surface area (Å²) in [6, 6.07) is 23.5. The molecule has 0 unspecified atom stereocenters. The van der Waals surface area contributed by atoms with Gasteiger partial charge in [-0.05, 0) is 52.9 Å². The van der Waals surface area contributed by atoms with Gasteiger partial charge in [0.15, 0.2) is 0 Å². The number of benzene rings is 3. The molecule has 3 aromatic carbocycles. The lowest BCUT2D eigenvalue weighted by molar-refractivity contribution is 0.0975. The predicted octanol–water partition coefficient (Wildman–Crippen LogP) is 6.41. The van der Waals surface area contributed by atoms with Crippen LogP contribution in [-0.4, -0.2) is 5.91 Å². The number of amides is 1. The summed E-state index contributed by atoms with van der Waals surface area (Å²) in [5, 5.41) is 4.19. The smallest absolute Gasteiger partial charge is 0.262 e. The zero-order valence-electron chi connectivity index (χ0n) is 16.2. The standard InChI is InChI=1S/C24H23ClN2O/c1-24(2,3)17-10-14-19(15-11-17)27-22(16-8-12-18(25)13-9-16)26-21-7-5-4-6-20(21)23(27)28/h4-15,22,26H,1-3H3/t22-/m0/s1. The van der Waals surface area contributed by atoms with Gasteiger partial charge in [-0.3, -0.25) is 9.69 Å². The maximum Gasteiger partial charge on any atom is 0.262 e. The lowest BCUT2D eigenvalue weighted by Crippen LogP contribution is -2.43. The number of nitrogens with zero attached hydrogens (tertiary/aromatic N) is 1. The maximum atomic E-state index is 13.4. The molecule has 1 atom stereocenters. The van der Waals surface area contributed by atoms with Crippen molar-refractivity contribution in [2.75, 3.05) is 10.2 Å². The average Bonchev–Trinajstić information content (AvgIpc) is 2.68. The highest BCUT2D eigenvalue weighted by atomic mass is 35.5. The van der Waals surface area contributed by atoms with Gasteiger partial charge >= 0.3 is 0 Å². The van der Waals surface area contributed by atoms with Gasteiger partial charge in [0.25, 0.3) is 5.91 Å². The largest absolute Gasteiger partial charge is 0.360 e. The fraction of sp³-hybridized carbons (Fsp3) is 0.208. The Hall–Kier alpha value is -2.78. The van der Waals surface area contributed by atoms with E-state index in [-0.39, 0.29) is 17.5 Å².